The quantitative estimate of drug-likeness (QED) is 0.106. The summed E-state index contributed by atoms with van der Waals surface area (Å²) in [7, 11) is -4.20. The van der Waals surface area contributed by atoms with Gasteiger partial charge in [-0.3, -0.25) is 9.69 Å². The maximum Gasteiger partial charge on any atom is 0.250 e. The van der Waals surface area contributed by atoms with E-state index in [4.69, 9.17) is 8.85 Å². The fraction of sp³-hybridized carbons (Fsp3) is 0.457. The molecule has 0 radical (unpaired) electrons. The monoisotopic (exact) mass is 715 g/mol. The van der Waals surface area contributed by atoms with E-state index in [-0.39, 0.29) is 15.9 Å². The molecule has 42 heavy (non-hydrogen) atoms. The molecule has 0 aliphatic rings. The minimum atomic E-state index is -2.12. The second-order valence-corrected chi connectivity index (χ2v) is 25.0. The Hall–Kier alpha value is -1.95. The summed E-state index contributed by atoms with van der Waals surface area (Å²) in [6.45, 7) is 24.6. The molecule has 228 valence electrons. The van der Waals surface area contributed by atoms with E-state index in [9.17, 15) is 4.79 Å². The minimum Gasteiger partial charge on any atom is -0.541 e. The van der Waals surface area contributed by atoms with Crippen molar-refractivity contribution in [1.82, 2.24) is 4.90 Å². The second-order valence-electron chi connectivity index (χ2n) is 14.4. The summed E-state index contributed by atoms with van der Waals surface area (Å²) in [5.74, 6) is 1.86. The summed E-state index contributed by atoms with van der Waals surface area (Å²) in [5, 5.41) is 0.142. The van der Waals surface area contributed by atoms with Crippen LogP contribution < -0.4 is 8.85 Å². The van der Waals surface area contributed by atoms with E-state index in [0.717, 1.165) is 40.1 Å². The molecule has 0 spiro atoms. The van der Waals surface area contributed by atoms with Crippen LogP contribution in [0.2, 0.25) is 36.3 Å². The van der Waals surface area contributed by atoms with E-state index in [2.05, 4.69) is 132 Å². The van der Waals surface area contributed by atoms with E-state index >= 15 is 0 Å². The van der Waals surface area contributed by atoms with Crippen LogP contribution in [0.15, 0.2) is 72.8 Å². The lowest BCUT2D eigenvalue weighted by Gasteiger charge is -2.40. The zero-order chi connectivity index (χ0) is 31.3. The lowest BCUT2D eigenvalue weighted by Crippen LogP contribution is -2.45. The Labute approximate surface area is 270 Å². The molecule has 0 aromatic heterocycles. The van der Waals surface area contributed by atoms with Crippen LogP contribution in [-0.4, -0.2) is 40.4 Å². The number of nitrogens with zero attached hydrogens (tertiary/aromatic N) is 1. The Balaban J connectivity index is 1.93. The average Bonchev–Trinajstić information content (AvgIpc) is 2.88. The Bertz CT molecular complexity index is 1330. The van der Waals surface area contributed by atoms with Crippen LogP contribution in [0.1, 0.15) is 63.0 Å². The Morgan fingerprint density at radius 3 is 1.74 bits per heavy atom. The molecule has 3 aromatic carbocycles. The number of Topliss-reactive ketones (excluding diaryl/α,β-unsaturated/α-hetero) is 1. The number of hydrogen-bond acceptors (Lipinski definition) is 4. The molecule has 0 amide bonds. The van der Waals surface area contributed by atoms with Crippen molar-refractivity contribution in [1.29, 1.82) is 0 Å². The van der Waals surface area contributed by atoms with Gasteiger partial charge in [-0.15, -0.1) is 0 Å². The number of benzene rings is 3. The summed E-state index contributed by atoms with van der Waals surface area (Å²) >= 11 is 2.44. The first-order chi connectivity index (χ1) is 19.4. The first-order valence-corrected chi connectivity index (χ1v) is 21.8. The van der Waals surface area contributed by atoms with E-state index in [1.54, 1.807) is 0 Å². The van der Waals surface area contributed by atoms with Gasteiger partial charge in [0.25, 0.3) is 16.6 Å². The van der Waals surface area contributed by atoms with Gasteiger partial charge in [-0.25, -0.2) is 0 Å². The van der Waals surface area contributed by atoms with Gasteiger partial charge >= 0.3 is 0 Å². The van der Waals surface area contributed by atoms with Crippen molar-refractivity contribution in [2.45, 2.75) is 90.8 Å². The van der Waals surface area contributed by atoms with Crippen molar-refractivity contribution in [2.75, 3.05) is 13.1 Å². The van der Waals surface area contributed by atoms with Gasteiger partial charge in [-0.05, 0) is 88.5 Å². The van der Waals surface area contributed by atoms with Gasteiger partial charge < -0.3 is 8.85 Å². The number of carbonyl (C=O) groups is 1. The first-order valence-electron chi connectivity index (χ1n) is 14.9. The van der Waals surface area contributed by atoms with E-state index in [0.29, 0.717) is 6.54 Å². The molecule has 0 bridgehead atoms. The van der Waals surface area contributed by atoms with Gasteiger partial charge in [0.05, 0.1) is 6.54 Å². The van der Waals surface area contributed by atoms with Gasteiger partial charge in [0, 0.05) is 22.2 Å². The maximum atomic E-state index is 13.2. The number of carbonyl (C=O) groups excluding carboxylic acids is 1. The molecule has 4 nitrogen and oxygen atoms in total. The van der Waals surface area contributed by atoms with Crippen molar-refractivity contribution in [3.05, 3.63) is 93.1 Å². The smallest absolute Gasteiger partial charge is 0.250 e. The number of ketones is 1. The SMILES string of the molecule is CC(C)(C)[Si](C)(C)Oc1cc(I)c(CCN(CC(=O)c2ccccc2)Cc2ccccc2)cc1O[Si](C)(C)C(C)(C)C. The van der Waals surface area contributed by atoms with Gasteiger partial charge in [0.1, 0.15) is 11.5 Å². The lowest BCUT2D eigenvalue weighted by atomic mass is 10.1. The van der Waals surface area contributed by atoms with Crippen LogP contribution in [0.25, 0.3) is 0 Å². The molecule has 0 aliphatic heterocycles. The molecule has 7 heteroatoms. The van der Waals surface area contributed by atoms with E-state index in [1.165, 1.54) is 11.1 Å². The van der Waals surface area contributed by atoms with Crippen molar-refractivity contribution in [3.63, 3.8) is 0 Å². The molecular formula is C35H50INO3Si2. The Morgan fingerprint density at radius 1 is 0.762 bits per heavy atom. The van der Waals surface area contributed by atoms with Crippen LogP contribution in [0.4, 0.5) is 0 Å². The number of halogens is 1. The third-order valence-corrected chi connectivity index (χ3v) is 18.6. The summed E-state index contributed by atoms with van der Waals surface area (Å²) in [6, 6.07) is 24.4. The summed E-state index contributed by atoms with van der Waals surface area (Å²) in [5.41, 5.74) is 3.17. The molecule has 0 atom stereocenters. The molecular weight excluding hydrogens is 665 g/mol. The van der Waals surface area contributed by atoms with E-state index in [1.807, 2.05) is 36.4 Å². The molecule has 0 N–H and O–H groups in total. The van der Waals surface area contributed by atoms with Crippen LogP contribution in [0.5, 0.6) is 11.5 Å². The van der Waals surface area contributed by atoms with Gasteiger partial charge in [0.2, 0.25) is 0 Å². The molecule has 0 fully saturated rings. The van der Waals surface area contributed by atoms with Crippen molar-refractivity contribution in [2.24, 2.45) is 0 Å². The normalized spacial score (nSPS) is 12.9. The van der Waals surface area contributed by atoms with Crippen LogP contribution in [0.3, 0.4) is 0 Å². The van der Waals surface area contributed by atoms with E-state index < -0.39 is 16.6 Å². The third kappa shape index (κ3) is 9.28. The highest BCUT2D eigenvalue weighted by molar-refractivity contribution is 14.1. The predicted octanol–water partition coefficient (Wildman–Crippen LogP) is 9.99. The molecule has 0 unspecified atom stereocenters. The molecule has 0 heterocycles. The lowest BCUT2D eigenvalue weighted by molar-refractivity contribution is 0.0926. The highest BCUT2D eigenvalue weighted by Gasteiger charge is 2.42. The van der Waals surface area contributed by atoms with Crippen molar-refractivity contribution >= 4 is 45.0 Å². The predicted molar refractivity (Wildman–Crippen MR) is 191 cm³/mol. The topological polar surface area (TPSA) is 38.8 Å². The largest absolute Gasteiger partial charge is 0.541 e. The standard InChI is InChI=1S/C35H50INO3Si2/c1-34(2,3)41(7,8)39-32-23-29(30(36)24-33(32)40-42(9,10)35(4,5)6)21-22-37(25-27-17-13-11-14-18-27)26-31(38)28-19-15-12-16-20-28/h11-20,23-24H,21-22,25-26H2,1-10H3. The molecule has 0 saturated heterocycles. The van der Waals surface area contributed by atoms with Crippen LogP contribution >= 0.6 is 22.6 Å². The van der Waals surface area contributed by atoms with Gasteiger partial charge in [-0.1, -0.05) is 102 Å². The fourth-order valence-corrected chi connectivity index (χ4v) is 6.78. The van der Waals surface area contributed by atoms with Gasteiger partial charge in [0.15, 0.2) is 5.78 Å². The maximum absolute atomic E-state index is 13.2. The van der Waals surface area contributed by atoms with Crippen molar-refractivity contribution in [3.8, 4) is 11.5 Å². The highest BCUT2D eigenvalue weighted by atomic mass is 127. The molecule has 3 aromatic rings. The molecule has 0 saturated carbocycles. The van der Waals surface area contributed by atoms with Crippen LogP contribution in [-0.2, 0) is 13.0 Å². The number of hydrogen-bond donors (Lipinski definition) is 0. The summed E-state index contributed by atoms with van der Waals surface area (Å²) < 4.78 is 15.0. The third-order valence-electron chi connectivity index (χ3n) is 8.86. The minimum absolute atomic E-state index is 0.0642. The van der Waals surface area contributed by atoms with Crippen molar-refractivity contribution < 1.29 is 13.6 Å². The summed E-state index contributed by atoms with van der Waals surface area (Å²) in [6.07, 6.45) is 0.807. The number of rotatable bonds is 12. The first kappa shape index (κ1) is 34.5. The Kier molecular flexibility index (Phi) is 11.3. The second kappa shape index (κ2) is 13.8. The zero-order valence-corrected chi connectivity index (χ0v) is 31.5. The Morgan fingerprint density at radius 2 is 1.24 bits per heavy atom. The molecule has 0 aliphatic carbocycles. The summed E-state index contributed by atoms with van der Waals surface area (Å²) in [4.78, 5) is 15.5. The van der Waals surface area contributed by atoms with Crippen LogP contribution in [0, 0.1) is 3.57 Å². The zero-order valence-electron chi connectivity index (χ0n) is 27.3. The molecule has 3 rings (SSSR count). The highest BCUT2D eigenvalue weighted by Crippen LogP contribution is 2.44. The average molecular weight is 716 g/mol. The van der Waals surface area contributed by atoms with Gasteiger partial charge in [-0.2, -0.15) is 0 Å². The fourth-order valence-electron chi connectivity index (χ4n) is 4.04.